The molecule has 0 fully saturated rings. The van der Waals surface area contributed by atoms with Gasteiger partial charge in [0.25, 0.3) is 0 Å². The monoisotopic (exact) mass is 306 g/mol. The average Bonchev–Trinajstić information content (AvgIpc) is 2.91. The number of carboxylic acid groups (broad SMARTS) is 1. The molecule has 2 heterocycles. The number of aliphatic carboxylic acids is 1. The van der Waals surface area contributed by atoms with Gasteiger partial charge in [0.15, 0.2) is 0 Å². The van der Waals surface area contributed by atoms with E-state index in [-0.39, 0.29) is 5.41 Å². The Morgan fingerprint density at radius 3 is 3.00 bits per heavy atom. The van der Waals surface area contributed by atoms with Crippen molar-refractivity contribution in [2.24, 2.45) is 5.41 Å². The van der Waals surface area contributed by atoms with Crippen LogP contribution in [0.15, 0.2) is 11.4 Å². The molecule has 0 spiro atoms. The van der Waals surface area contributed by atoms with Crippen LogP contribution in [0.3, 0.4) is 0 Å². The maximum absolute atomic E-state index is 11.6. The molecular formula is C16H22N2O2S. The minimum atomic E-state index is -0.758. The molecule has 1 N–H and O–H groups in total. The van der Waals surface area contributed by atoms with E-state index in [9.17, 15) is 9.90 Å². The normalized spacial score (nSPS) is 19.0. The van der Waals surface area contributed by atoms with Crippen molar-refractivity contribution < 1.29 is 9.90 Å². The van der Waals surface area contributed by atoms with Gasteiger partial charge in [-0.1, -0.05) is 6.42 Å². The largest absolute Gasteiger partial charge is 0.480 e. The Morgan fingerprint density at radius 2 is 2.33 bits per heavy atom. The van der Waals surface area contributed by atoms with Crippen LogP contribution in [0.2, 0.25) is 0 Å². The lowest BCUT2D eigenvalue weighted by atomic mass is 9.89. The third-order valence-corrected chi connectivity index (χ3v) is 5.10. The molecule has 21 heavy (non-hydrogen) atoms. The maximum atomic E-state index is 11.6. The number of hydrogen-bond donors (Lipinski definition) is 1. The summed E-state index contributed by atoms with van der Waals surface area (Å²) in [6.07, 6.45) is 3.70. The molecule has 0 aliphatic carbocycles. The van der Waals surface area contributed by atoms with E-state index in [2.05, 4.69) is 11.0 Å². The standard InChI is InChI=1S/C16H22N2O2S/c1-16(2,11-17)7-3-4-8-18-9-5-13-12(6-10-21-13)14(18)15(19)20/h6,10,14H,3-5,7-9H2,1-2H3,(H,19,20). The highest BCUT2D eigenvalue weighted by Gasteiger charge is 2.33. The van der Waals surface area contributed by atoms with E-state index in [1.807, 2.05) is 25.3 Å². The van der Waals surface area contributed by atoms with Crippen LogP contribution in [0.1, 0.15) is 49.6 Å². The summed E-state index contributed by atoms with van der Waals surface area (Å²) in [7, 11) is 0. The summed E-state index contributed by atoms with van der Waals surface area (Å²) in [6.45, 7) is 5.50. The summed E-state index contributed by atoms with van der Waals surface area (Å²) in [5.74, 6) is -0.758. The molecule has 1 aromatic heterocycles. The lowest BCUT2D eigenvalue weighted by Gasteiger charge is -2.33. The number of carboxylic acids is 1. The number of rotatable bonds is 6. The zero-order valence-electron chi connectivity index (χ0n) is 12.6. The van der Waals surface area contributed by atoms with Gasteiger partial charge in [-0.25, -0.2) is 0 Å². The quantitative estimate of drug-likeness (QED) is 0.818. The van der Waals surface area contributed by atoms with E-state index in [0.29, 0.717) is 0 Å². The predicted octanol–water partition coefficient (Wildman–Crippen LogP) is 3.45. The SMILES string of the molecule is CC(C)(C#N)CCCCN1CCc2sccc2C1C(=O)O. The second-order valence-corrected chi connectivity index (χ2v) is 7.28. The summed E-state index contributed by atoms with van der Waals surface area (Å²) in [4.78, 5) is 14.9. The molecule has 2 rings (SSSR count). The van der Waals surface area contributed by atoms with Crippen LogP contribution >= 0.6 is 11.3 Å². The molecule has 0 saturated heterocycles. The van der Waals surface area contributed by atoms with Crippen LogP contribution in [0, 0.1) is 16.7 Å². The first-order valence-electron chi connectivity index (χ1n) is 7.39. The smallest absolute Gasteiger partial charge is 0.325 e. The summed E-state index contributed by atoms with van der Waals surface area (Å²) >= 11 is 1.66. The molecule has 1 aliphatic rings. The van der Waals surface area contributed by atoms with Gasteiger partial charge >= 0.3 is 5.97 Å². The fourth-order valence-electron chi connectivity index (χ4n) is 2.84. The van der Waals surface area contributed by atoms with Crippen LogP contribution in [0.4, 0.5) is 0 Å². The van der Waals surface area contributed by atoms with Crippen LogP contribution in [0.25, 0.3) is 0 Å². The van der Waals surface area contributed by atoms with Gasteiger partial charge in [0.2, 0.25) is 0 Å². The Labute approximate surface area is 130 Å². The highest BCUT2D eigenvalue weighted by molar-refractivity contribution is 7.10. The Morgan fingerprint density at radius 1 is 1.57 bits per heavy atom. The number of carbonyl (C=O) groups is 1. The van der Waals surface area contributed by atoms with Crippen molar-refractivity contribution in [1.82, 2.24) is 4.90 Å². The predicted molar refractivity (Wildman–Crippen MR) is 83.2 cm³/mol. The lowest BCUT2D eigenvalue weighted by Crippen LogP contribution is -2.39. The molecule has 0 aromatic carbocycles. The molecular weight excluding hydrogens is 284 g/mol. The van der Waals surface area contributed by atoms with Crippen molar-refractivity contribution >= 4 is 17.3 Å². The molecule has 1 aromatic rings. The maximum Gasteiger partial charge on any atom is 0.325 e. The van der Waals surface area contributed by atoms with Gasteiger partial charge in [0.1, 0.15) is 6.04 Å². The third kappa shape index (κ3) is 3.84. The number of fused-ring (bicyclic) bond motifs is 1. The molecule has 0 amide bonds. The Balaban J connectivity index is 1.92. The number of hydrogen-bond acceptors (Lipinski definition) is 4. The average molecular weight is 306 g/mol. The van der Waals surface area contributed by atoms with Crippen molar-refractivity contribution in [2.75, 3.05) is 13.1 Å². The molecule has 1 atom stereocenters. The number of thiophene rings is 1. The molecule has 114 valence electrons. The van der Waals surface area contributed by atoms with E-state index in [0.717, 1.165) is 44.3 Å². The van der Waals surface area contributed by atoms with Gasteiger partial charge in [0.05, 0.1) is 11.5 Å². The number of nitrogens with zero attached hydrogens (tertiary/aromatic N) is 2. The second kappa shape index (κ2) is 6.59. The number of nitriles is 1. The van der Waals surface area contributed by atoms with Gasteiger partial charge in [-0.2, -0.15) is 5.26 Å². The molecule has 0 bridgehead atoms. The minimum absolute atomic E-state index is 0.283. The molecule has 0 radical (unpaired) electrons. The summed E-state index contributed by atoms with van der Waals surface area (Å²) in [5, 5.41) is 20.5. The molecule has 1 unspecified atom stereocenters. The summed E-state index contributed by atoms with van der Waals surface area (Å²) in [6, 6.07) is 3.76. The molecule has 4 nitrogen and oxygen atoms in total. The Hall–Kier alpha value is -1.38. The van der Waals surface area contributed by atoms with Crippen molar-refractivity contribution in [1.29, 1.82) is 5.26 Å². The first kappa shape index (κ1) is 16.0. The second-order valence-electron chi connectivity index (χ2n) is 6.28. The van der Waals surface area contributed by atoms with Crippen LogP contribution < -0.4 is 0 Å². The van der Waals surface area contributed by atoms with E-state index in [4.69, 9.17) is 5.26 Å². The summed E-state index contributed by atoms with van der Waals surface area (Å²) in [5.41, 5.74) is 0.686. The van der Waals surface area contributed by atoms with Crippen molar-refractivity contribution in [3.8, 4) is 6.07 Å². The van der Waals surface area contributed by atoms with E-state index < -0.39 is 12.0 Å². The summed E-state index contributed by atoms with van der Waals surface area (Å²) < 4.78 is 0. The first-order chi connectivity index (χ1) is 9.94. The fraction of sp³-hybridized carbons (Fsp3) is 0.625. The molecule has 5 heteroatoms. The van der Waals surface area contributed by atoms with Gasteiger partial charge < -0.3 is 5.11 Å². The van der Waals surface area contributed by atoms with Crippen LogP contribution in [-0.4, -0.2) is 29.1 Å². The lowest BCUT2D eigenvalue weighted by molar-refractivity contribution is -0.144. The van der Waals surface area contributed by atoms with Crippen LogP contribution in [-0.2, 0) is 11.2 Å². The highest BCUT2D eigenvalue weighted by atomic mass is 32.1. The van der Waals surface area contributed by atoms with E-state index in [1.165, 1.54) is 4.88 Å². The fourth-order valence-corrected chi connectivity index (χ4v) is 3.74. The molecule has 1 aliphatic heterocycles. The van der Waals surface area contributed by atoms with E-state index in [1.54, 1.807) is 11.3 Å². The number of unbranched alkanes of at least 4 members (excludes halogenated alkanes) is 1. The van der Waals surface area contributed by atoms with Crippen LogP contribution in [0.5, 0.6) is 0 Å². The zero-order valence-corrected chi connectivity index (χ0v) is 13.4. The Kier molecular flexibility index (Phi) is 5.02. The zero-order chi connectivity index (χ0) is 15.5. The third-order valence-electron chi connectivity index (χ3n) is 4.10. The molecule has 0 saturated carbocycles. The van der Waals surface area contributed by atoms with Crippen molar-refractivity contribution in [2.45, 2.75) is 45.6 Å². The first-order valence-corrected chi connectivity index (χ1v) is 8.27. The highest BCUT2D eigenvalue weighted by Crippen LogP contribution is 2.33. The Bertz CT molecular complexity index is 545. The van der Waals surface area contributed by atoms with Gasteiger partial charge in [-0.3, -0.25) is 9.69 Å². The van der Waals surface area contributed by atoms with Gasteiger partial charge in [-0.05, 0) is 56.7 Å². The van der Waals surface area contributed by atoms with Crippen molar-refractivity contribution in [3.63, 3.8) is 0 Å². The topological polar surface area (TPSA) is 64.3 Å². The van der Waals surface area contributed by atoms with Gasteiger partial charge in [0, 0.05) is 11.4 Å². The van der Waals surface area contributed by atoms with E-state index >= 15 is 0 Å². The minimum Gasteiger partial charge on any atom is -0.480 e. The van der Waals surface area contributed by atoms with Crippen molar-refractivity contribution in [3.05, 3.63) is 21.9 Å². The van der Waals surface area contributed by atoms with Gasteiger partial charge in [-0.15, -0.1) is 11.3 Å².